The molecule has 182 valence electrons. The molecule has 0 radical (unpaired) electrons. The molecule has 1 N–H and O–H groups in total. The zero-order chi connectivity index (χ0) is 25.9. The summed E-state index contributed by atoms with van der Waals surface area (Å²) in [4.78, 5) is 0. The summed E-state index contributed by atoms with van der Waals surface area (Å²) in [6.45, 7) is 34.5. The summed E-state index contributed by atoms with van der Waals surface area (Å²) < 4.78 is 0. The van der Waals surface area contributed by atoms with E-state index in [1.165, 1.54) is 22.3 Å². The molecule has 0 unspecified atom stereocenters. The highest BCUT2D eigenvalue weighted by Crippen LogP contribution is 2.13. The number of hydrogen-bond acceptors (Lipinski definition) is 1. The van der Waals surface area contributed by atoms with E-state index < -0.39 is 0 Å². The Balaban J connectivity index is -0.000000250. The van der Waals surface area contributed by atoms with Crippen molar-refractivity contribution < 1.29 is 0 Å². The molecule has 0 spiro atoms. The van der Waals surface area contributed by atoms with Gasteiger partial charge in [-0.15, -0.1) is 6.58 Å². The Hall–Kier alpha value is -2.54. The number of nitrogens with one attached hydrogen (secondary N) is 1. The Bertz CT molecular complexity index is 676. The van der Waals surface area contributed by atoms with Gasteiger partial charge in [-0.05, 0) is 70.7 Å². The third-order valence-electron chi connectivity index (χ3n) is 3.48. The van der Waals surface area contributed by atoms with Crippen molar-refractivity contribution in [3.05, 3.63) is 102 Å². The van der Waals surface area contributed by atoms with Gasteiger partial charge in [0.05, 0.1) is 0 Å². The number of aryl methyl sites for hydroxylation is 1. The van der Waals surface area contributed by atoms with Gasteiger partial charge < -0.3 is 5.32 Å². The van der Waals surface area contributed by atoms with Crippen LogP contribution in [0.1, 0.15) is 87.3 Å². The molecule has 32 heavy (non-hydrogen) atoms. The molecular weight excluding hydrogens is 386 g/mol. The molecule has 0 aliphatic rings. The van der Waals surface area contributed by atoms with Crippen molar-refractivity contribution in [3.63, 3.8) is 0 Å². The van der Waals surface area contributed by atoms with Crippen molar-refractivity contribution in [2.75, 3.05) is 6.54 Å². The third kappa shape index (κ3) is 27.5. The first kappa shape index (κ1) is 36.8. The molecule has 0 amide bonds. The largest absolute Gasteiger partial charge is 0.381 e. The first-order chi connectivity index (χ1) is 15.2. The van der Waals surface area contributed by atoms with Crippen molar-refractivity contribution in [3.8, 4) is 0 Å². The van der Waals surface area contributed by atoms with E-state index in [0.29, 0.717) is 0 Å². The highest BCUT2D eigenvalue weighted by molar-refractivity contribution is 5.62. The lowest BCUT2D eigenvalue weighted by Gasteiger charge is -2.11. The molecule has 1 aromatic carbocycles. The van der Waals surface area contributed by atoms with Gasteiger partial charge in [-0.25, -0.2) is 0 Å². The van der Waals surface area contributed by atoms with E-state index in [2.05, 4.69) is 82.2 Å². The molecule has 0 bridgehead atoms. The summed E-state index contributed by atoms with van der Waals surface area (Å²) >= 11 is 0. The summed E-state index contributed by atoms with van der Waals surface area (Å²) in [6.07, 6.45) is 11.0. The zero-order valence-electron chi connectivity index (χ0n) is 23.2. The van der Waals surface area contributed by atoms with Crippen LogP contribution in [0.4, 0.5) is 0 Å². The minimum atomic E-state index is 0.756. The summed E-state index contributed by atoms with van der Waals surface area (Å²) in [5.74, 6) is 0. The van der Waals surface area contributed by atoms with E-state index in [-0.39, 0.29) is 0 Å². The average molecular weight is 440 g/mol. The first-order valence-corrected chi connectivity index (χ1v) is 11.9. The maximum atomic E-state index is 4.10. The maximum Gasteiger partial charge on any atom is 0.0400 e. The Kier molecular flexibility index (Phi) is 32.7. The Morgan fingerprint density at radius 3 is 1.84 bits per heavy atom. The molecule has 0 aromatic heterocycles. The number of rotatable bonds is 7. The number of benzene rings is 1. The van der Waals surface area contributed by atoms with Gasteiger partial charge in [-0.2, -0.15) is 0 Å². The summed E-state index contributed by atoms with van der Waals surface area (Å²) in [5, 5.41) is 3.36. The molecule has 1 nitrogen and oxygen atoms in total. The first-order valence-electron chi connectivity index (χ1n) is 11.9. The molecule has 0 atom stereocenters. The van der Waals surface area contributed by atoms with Crippen LogP contribution in [0.2, 0.25) is 0 Å². The topological polar surface area (TPSA) is 12.0 Å². The lowest BCUT2D eigenvalue weighted by molar-refractivity contribution is 0.977. The van der Waals surface area contributed by atoms with Gasteiger partial charge in [-0.1, -0.05) is 108 Å². The lowest BCUT2D eigenvalue weighted by atomic mass is 10.1. The summed E-state index contributed by atoms with van der Waals surface area (Å²) in [6, 6.07) is 8.48. The Morgan fingerprint density at radius 1 is 0.969 bits per heavy atom. The molecular formula is C31H53N. The normalized spacial score (nSPS) is 9.16. The van der Waals surface area contributed by atoms with Crippen LogP contribution in [-0.2, 0) is 6.42 Å². The van der Waals surface area contributed by atoms with Crippen molar-refractivity contribution in [1.82, 2.24) is 5.32 Å². The van der Waals surface area contributed by atoms with Gasteiger partial charge in [0.25, 0.3) is 0 Å². The van der Waals surface area contributed by atoms with Gasteiger partial charge in [0, 0.05) is 12.2 Å². The highest BCUT2D eigenvalue weighted by atomic mass is 14.9. The van der Waals surface area contributed by atoms with Gasteiger partial charge in [-0.3, -0.25) is 0 Å². The standard InChI is InChI=1S/C18H23N.C5H10.C4H8.2C2H6/c1-5-9-17(10-6-2)14-19-15(4)18-12-8-11-16(7-3)13-18;1-4-5(2)3;1-4(2)3;2*1-2/h5-6,8-13,19H,1,4,7,14H2,2-3H3;4H,1-3H3;1H2,2-3H3;2*1-2H3/b10-6-,17-9+;;;;. The van der Waals surface area contributed by atoms with Crippen molar-refractivity contribution in [1.29, 1.82) is 0 Å². The molecule has 0 saturated heterocycles. The van der Waals surface area contributed by atoms with Crippen LogP contribution >= 0.6 is 0 Å². The molecule has 1 aromatic rings. The predicted molar refractivity (Wildman–Crippen MR) is 154 cm³/mol. The van der Waals surface area contributed by atoms with Crippen molar-refractivity contribution in [2.45, 2.75) is 82.6 Å². The Morgan fingerprint density at radius 2 is 1.47 bits per heavy atom. The van der Waals surface area contributed by atoms with Gasteiger partial charge in [0.15, 0.2) is 0 Å². The van der Waals surface area contributed by atoms with Crippen LogP contribution in [0.3, 0.4) is 0 Å². The molecule has 0 aliphatic carbocycles. The SMILES string of the molecule is C=C(C)C.C=C/C=C(\C=C/C)CNC(=C)c1cccc(CC)c1.CC.CC.CC=C(C)C. The predicted octanol–water partition coefficient (Wildman–Crippen LogP) is 10.1. The number of allylic oxidation sites excluding steroid dienone is 6. The minimum absolute atomic E-state index is 0.756. The zero-order valence-corrected chi connectivity index (χ0v) is 23.2. The summed E-state index contributed by atoms with van der Waals surface area (Å²) in [7, 11) is 0. The van der Waals surface area contributed by atoms with E-state index in [0.717, 1.165) is 24.2 Å². The fourth-order valence-electron chi connectivity index (χ4n) is 1.83. The van der Waals surface area contributed by atoms with Crippen molar-refractivity contribution >= 4 is 5.70 Å². The number of hydrogen-bond donors (Lipinski definition) is 1. The second kappa shape index (κ2) is 28.5. The molecule has 0 aliphatic heterocycles. The summed E-state index contributed by atoms with van der Waals surface area (Å²) in [5.41, 5.74) is 7.17. The lowest BCUT2D eigenvalue weighted by Crippen LogP contribution is -2.14. The maximum absolute atomic E-state index is 4.10. The average Bonchev–Trinajstić information content (AvgIpc) is 2.80. The van der Waals surface area contributed by atoms with E-state index >= 15 is 0 Å². The van der Waals surface area contributed by atoms with Gasteiger partial charge in [0.2, 0.25) is 0 Å². The highest BCUT2D eigenvalue weighted by Gasteiger charge is 2.00. The molecule has 1 heteroatoms. The molecule has 0 saturated carbocycles. The van der Waals surface area contributed by atoms with E-state index in [1.807, 2.05) is 67.5 Å². The minimum Gasteiger partial charge on any atom is -0.381 e. The molecule has 0 heterocycles. The fraction of sp³-hybridized carbons (Fsp3) is 0.419. The molecule has 0 fully saturated rings. The van der Waals surface area contributed by atoms with Gasteiger partial charge >= 0.3 is 0 Å². The van der Waals surface area contributed by atoms with Crippen LogP contribution in [0.15, 0.2) is 91.1 Å². The fourth-order valence-corrected chi connectivity index (χ4v) is 1.83. The van der Waals surface area contributed by atoms with Crippen LogP contribution < -0.4 is 5.32 Å². The van der Waals surface area contributed by atoms with Crippen LogP contribution in [0.25, 0.3) is 5.70 Å². The smallest absolute Gasteiger partial charge is 0.0400 e. The second-order valence-electron chi connectivity index (χ2n) is 6.94. The second-order valence-corrected chi connectivity index (χ2v) is 6.94. The van der Waals surface area contributed by atoms with Crippen LogP contribution in [-0.4, -0.2) is 6.54 Å². The third-order valence-corrected chi connectivity index (χ3v) is 3.48. The quantitative estimate of drug-likeness (QED) is 0.329. The monoisotopic (exact) mass is 439 g/mol. The Labute approximate surface area is 202 Å². The van der Waals surface area contributed by atoms with Gasteiger partial charge in [0.1, 0.15) is 0 Å². The van der Waals surface area contributed by atoms with Crippen LogP contribution in [0.5, 0.6) is 0 Å². The van der Waals surface area contributed by atoms with E-state index in [1.54, 1.807) is 6.08 Å². The van der Waals surface area contributed by atoms with E-state index in [9.17, 15) is 0 Å². The van der Waals surface area contributed by atoms with Crippen LogP contribution in [0, 0.1) is 0 Å². The van der Waals surface area contributed by atoms with E-state index in [4.69, 9.17) is 0 Å². The van der Waals surface area contributed by atoms with Crippen molar-refractivity contribution in [2.24, 2.45) is 0 Å². The molecule has 1 rings (SSSR count).